The Morgan fingerprint density at radius 2 is 1.69 bits per heavy atom. The molecule has 0 bridgehead atoms. The van der Waals surface area contributed by atoms with Gasteiger partial charge in [-0.3, -0.25) is 20.4 Å². The number of para-hydroxylation sites is 1. The van der Waals surface area contributed by atoms with Crippen molar-refractivity contribution in [3.05, 3.63) is 83.8 Å². The molecule has 3 aromatic heterocycles. The van der Waals surface area contributed by atoms with Gasteiger partial charge < -0.3 is 9.47 Å². The summed E-state index contributed by atoms with van der Waals surface area (Å²) < 4.78 is 12.2. The Bertz CT molecular complexity index is 1630. The van der Waals surface area contributed by atoms with E-state index in [1.165, 1.54) is 4.52 Å². The summed E-state index contributed by atoms with van der Waals surface area (Å²) in [5, 5.41) is 4.93. The number of amides is 2. The summed E-state index contributed by atoms with van der Waals surface area (Å²) >= 11 is 0. The van der Waals surface area contributed by atoms with Crippen LogP contribution in [0.1, 0.15) is 26.4 Å². The fourth-order valence-corrected chi connectivity index (χ4v) is 4.01. The second-order valence-corrected chi connectivity index (χ2v) is 7.90. The van der Waals surface area contributed by atoms with E-state index in [0.717, 1.165) is 5.56 Å². The average Bonchev–Trinajstić information content (AvgIpc) is 3.26. The third-order valence-corrected chi connectivity index (χ3v) is 5.73. The summed E-state index contributed by atoms with van der Waals surface area (Å²) in [6, 6.07) is 16.1. The normalized spacial score (nSPS) is 10.9. The molecule has 0 fully saturated rings. The van der Waals surface area contributed by atoms with Crippen LogP contribution in [0.3, 0.4) is 0 Å². The number of hydrogen-bond acceptors (Lipinski definition) is 7. The minimum absolute atomic E-state index is 0.279. The largest absolute Gasteiger partial charge is 0.493 e. The first kappa shape index (κ1) is 22.8. The van der Waals surface area contributed by atoms with E-state index in [4.69, 9.17) is 14.5 Å². The molecule has 0 saturated carbocycles. The fourth-order valence-electron chi connectivity index (χ4n) is 4.01. The Kier molecular flexibility index (Phi) is 5.91. The molecule has 2 aromatic carbocycles. The van der Waals surface area contributed by atoms with Crippen LogP contribution in [-0.2, 0) is 0 Å². The fraction of sp³-hybridized carbons (Fsp3) is 0.115. The number of rotatable bonds is 5. The highest BCUT2D eigenvalue weighted by Gasteiger charge is 2.20. The smallest absolute Gasteiger partial charge is 0.275 e. The third kappa shape index (κ3) is 4.05. The van der Waals surface area contributed by atoms with Crippen molar-refractivity contribution in [2.24, 2.45) is 0 Å². The third-order valence-electron chi connectivity index (χ3n) is 5.73. The Morgan fingerprint density at radius 1 is 0.917 bits per heavy atom. The van der Waals surface area contributed by atoms with E-state index >= 15 is 0 Å². The molecule has 5 aromatic rings. The van der Waals surface area contributed by atoms with Crippen molar-refractivity contribution in [1.82, 2.24) is 30.4 Å². The van der Waals surface area contributed by atoms with Crippen molar-refractivity contribution in [2.45, 2.75) is 6.92 Å². The molecule has 180 valence electrons. The Labute approximate surface area is 205 Å². The molecule has 0 atom stereocenters. The lowest BCUT2D eigenvalue weighted by atomic mass is 10.0. The van der Waals surface area contributed by atoms with Crippen LogP contribution in [0.4, 0.5) is 0 Å². The van der Waals surface area contributed by atoms with Crippen molar-refractivity contribution in [2.75, 3.05) is 14.2 Å². The van der Waals surface area contributed by atoms with Gasteiger partial charge in [-0.1, -0.05) is 18.2 Å². The number of carbonyl (C=O) groups is 2. The van der Waals surface area contributed by atoms with E-state index in [1.54, 1.807) is 63.9 Å². The highest BCUT2D eigenvalue weighted by molar-refractivity contribution is 6.09. The van der Waals surface area contributed by atoms with Crippen LogP contribution in [-0.4, -0.2) is 45.6 Å². The number of aryl methyl sites for hydroxylation is 1. The van der Waals surface area contributed by atoms with Crippen LogP contribution < -0.4 is 20.3 Å². The summed E-state index contributed by atoms with van der Waals surface area (Å²) in [5.74, 6) is 0.111. The second-order valence-electron chi connectivity index (χ2n) is 7.90. The number of fused-ring (bicyclic) bond motifs is 2. The number of benzene rings is 2. The van der Waals surface area contributed by atoms with Crippen LogP contribution in [0.25, 0.3) is 27.8 Å². The van der Waals surface area contributed by atoms with E-state index in [0.29, 0.717) is 45.0 Å². The molecule has 10 heteroatoms. The van der Waals surface area contributed by atoms with Gasteiger partial charge in [0.25, 0.3) is 11.8 Å². The Balaban J connectivity index is 1.47. The molecule has 3 heterocycles. The van der Waals surface area contributed by atoms with Crippen molar-refractivity contribution in [3.63, 3.8) is 0 Å². The molecule has 5 rings (SSSR count). The van der Waals surface area contributed by atoms with Gasteiger partial charge in [-0.15, -0.1) is 0 Å². The number of carbonyl (C=O) groups excluding carboxylic acids is 2. The van der Waals surface area contributed by atoms with E-state index in [1.807, 2.05) is 24.3 Å². The SMILES string of the molecule is COc1ccc(-c2cc(C(=O)NNC(=O)c3c(C)nn4cccnc34)c3ccccc3n2)cc1OC. The molecule has 0 aliphatic carbocycles. The summed E-state index contributed by atoms with van der Waals surface area (Å²) in [4.78, 5) is 35.1. The quantitative estimate of drug-likeness (QED) is 0.369. The number of nitrogens with zero attached hydrogens (tertiary/aromatic N) is 4. The number of aromatic nitrogens is 4. The highest BCUT2D eigenvalue weighted by atomic mass is 16.5. The predicted octanol–water partition coefficient (Wildman–Crippen LogP) is 3.34. The minimum atomic E-state index is -0.520. The number of hydrazine groups is 1. The van der Waals surface area contributed by atoms with Crippen molar-refractivity contribution in [1.29, 1.82) is 0 Å². The Morgan fingerprint density at radius 3 is 2.50 bits per heavy atom. The van der Waals surface area contributed by atoms with Crippen LogP contribution >= 0.6 is 0 Å². The van der Waals surface area contributed by atoms with Crippen molar-refractivity contribution < 1.29 is 19.1 Å². The van der Waals surface area contributed by atoms with E-state index in [2.05, 4.69) is 20.9 Å². The summed E-state index contributed by atoms with van der Waals surface area (Å²) in [6.45, 7) is 1.71. The molecular weight excluding hydrogens is 460 g/mol. The van der Waals surface area contributed by atoms with Crippen molar-refractivity contribution in [3.8, 4) is 22.8 Å². The van der Waals surface area contributed by atoms with Gasteiger partial charge in [0.1, 0.15) is 5.56 Å². The van der Waals surface area contributed by atoms with Gasteiger partial charge in [0.05, 0.1) is 36.7 Å². The van der Waals surface area contributed by atoms with E-state index in [9.17, 15) is 9.59 Å². The molecule has 0 aliphatic rings. The number of methoxy groups -OCH3 is 2. The lowest BCUT2D eigenvalue weighted by molar-refractivity contribution is 0.0848. The standard InChI is InChI=1S/C26H22N6O4/c1-15-23(24-27-11-6-12-32(24)31-15)26(34)30-29-25(33)18-14-20(28-19-8-5-4-7-17(18)19)16-9-10-21(35-2)22(13-16)36-3/h4-14H,1-3H3,(H,29,33)(H,30,34). The van der Waals surface area contributed by atoms with Crippen LogP contribution in [0, 0.1) is 6.92 Å². The van der Waals surface area contributed by atoms with Crippen LogP contribution in [0.2, 0.25) is 0 Å². The Hall–Kier alpha value is -4.99. The van der Waals surface area contributed by atoms with Gasteiger partial charge in [-0.2, -0.15) is 5.10 Å². The molecule has 0 radical (unpaired) electrons. The number of pyridine rings is 1. The molecule has 36 heavy (non-hydrogen) atoms. The summed E-state index contributed by atoms with van der Waals surface area (Å²) in [5.41, 5.74) is 8.45. The zero-order valence-corrected chi connectivity index (χ0v) is 19.8. The number of nitrogens with one attached hydrogen (secondary N) is 2. The second kappa shape index (κ2) is 9.34. The first-order chi connectivity index (χ1) is 17.5. The molecule has 0 unspecified atom stereocenters. The maximum atomic E-state index is 13.3. The molecule has 10 nitrogen and oxygen atoms in total. The lowest BCUT2D eigenvalue weighted by Crippen LogP contribution is -2.42. The van der Waals surface area contributed by atoms with Gasteiger partial charge in [0.15, 0.2) is 17.1 Å². The lowest BCUT2D eigenvalue weighted by Gasteiger charge is -2.13. The van der Waals surface area contributed by atoms with Gasteiger partial charge >= 0.3 is 0 Å². The first-order valence-corrected chi connectivity index (χ1v) is 11.0. The molecule has 0 saturated heterocycles. The highest BCUT2D eigenvalue weighted by Crippen LogP contribution is 2.33. The van der Waals surface area contributed by atoms with E-state index < -0.39 is 11.8 Å². The maximum Gasteiger partial charge on any atom is 0.275 e. The van der Waals surface area contributed by atoms with E-state index in [-0.39, 0.29) is 5.56 Å². The monoisotopic (exact) mass is 482 g/mol. The van der Waals surface area contributed by atoms with Gasteiger partial charge in [-0.05, 0) is 43.3 Å². The molecular formula is C26H22N6O4. The predicted molar refractivity (Wildman–Crippen MR) is 133 cm³/mol. The topological polar surface area (TPSA) is 120 Å². The van der Waals surface area contributed by atoms with Gasteiger partial charge in [-0.25, -0.2) is 14.5 Å². The zero-order valence-electron chi connectivity index (χ0n) is 19.8. The van der Waals surface area contributed by atoms with Crippen LogP contribution in [0.5, 0.6) is 11.5 Å². The number of ether oxygens (including phenoxy) is 2. The molecule has 2 amide bonds. The zero-order chi connectivity index (χ0) is 25.2. The minimum Gasteiger partial charge on any atom is -0.493 e. The average molecular weight is 483 g/mol. The summed E-state index contributed by atoms with van der Waals surface area (Å²) in [6.07, 6.45) is 3.27. The van der Waals surface area contributed by atoms with Gasteiger partial charge in [0, 0.05) is 23.3 Å². The maximum absolute atomic E-state index is 13.3. The van der Waals surface area contributed by atoms with Crippen molar-refractivity contribution >= 4 is 28.4 Å². The van der Waals surface area contributed by atoms with Crippen LogP contribution in [0.15, 0.2) is 67.0 Å². The molecule has 0 spiro atoms. The molecule has 0 aliphatic heterocycles. The first-order valence-electron chi connectivity index (χ1n) is 11.0. The summed E-state index contributed by atoms with van der Waals surface area (Å²) in [7, 11) is 3.12. The number of hydrogen-bond donors (Lipinski definition) is 2. The molecule has 2 N–H and O–H groups in total. The van der Waals surface area contributed by atoms with Gasteiger partial charge in [0.2, 0.25) is 0 Å².